The number of nitrogens with zero attached hydrogens (tertiary/aromatic N) is 1. The van der Waals surface area contributed by atoms with Crippen LogP contribution in [0.15, 0.2) is 54.1 Å². The lowest BCUT2D eigenvalue weighted by atomic mass is 9.95. The normalized spacial score (nSPS) is 18.5. The van der Waals surface area contributed by atoms with Gasteiger partial charge in [0.2, 0.25) is 0 Å². The third-order valence-corrected chi connectivity index (χ3v) is 4.61. The van der Waals surface area contributed by atoms with E-state index < -0.39 is 17.7 Å². The van der Waals surface area contributed by atoms with Crippen molar-refractivity contribution in [2.45, 2.75) is 6.04 Å². The molecule has 0 aromatic heterocycles. The first-order valence-electron chi connectivity index (χ1n) is 8.68. The van der Waals surface area contributed by atoms with E-state index in [0.29, 0.717) is 16.9 Å². The number of hydrogen-bond donors (Lipinski definition) is 2. The Labute approximate surface area is 162 Å². The van der Waals surface area contributed by atoms with Crippen molar-refractivity contribution >= 4 is 17.4 Å². The Kier molecular flexibility index (Phi) is 5.65. The molecule has 0 bridgehead atoms. The summed E-state index contributed by atoms with van der Waals surface area (Å²) < 4.78 is 10.2. The van der Waals surface area contributed by atoms with Gasteiger partial charge in [0, 0.05) is 19.2 Å². The van der Waals surface area contributed by atoms with E-state index in [2.05, 4.69) is 0 Å². The molecule has 28 heavy (non-hydrogen) atoms. The number of methoxy groups -OCH3 is 2. The molecule has 0 spiro atoms. The highest BCUT2D eigenvalue weighted by Gasteiger charge is 2.45. The third-order valence-electron chi connectivity index (χ3n) is 4.61. The first-order valence-corrected chi connectivity index (χ1v) is 8.68. The molecule has 0 radical (unpaired) electrons. The second kappa shape index (κ2) is 8.14. The van der Waals surface area contributed by atoms with Crippen LogP contribution in [-0.2, 0) is 14.3 Å². The van der Waals surface area contributed by atoms with Gasteiger partial charge in [-0.3, -0.25) is 9.59 Å². The molecule has 0 saturated carbocycles. The predicted octanol–water partition coefficient (Wildman–Crippen LogP) is 2.47. The number of hydrogen-bond acceptors (Lipinski definition) is 6. The number of aliphatic hydroxyl groups excluding tert-OH is 1. The van der Waals surface area contributed by atoms with Crippen molar-refractivity contribution in [2.75, 3.05) is 27.4 Å². The fourth-order valence-electron chi connectivity index (χ4n) is 3.27. The molecule has 2 aromatic carbocycles. The van der Waals surface area contributed by atoms with E-state index in [1.165, 1.54) is 31.3 Å². The van der Waals surface area contributed by atoms with Gasteiger partial charge in [-0.2, -0.15) is 0 Å². The molecule has 1 fully saturated rings. The van der Waals surface area contributed by atoms with Gasteiger partial charge in [-0.15, -0.1) is 0 Å². The molecule has 1 atom stereocenters. The minimum atomic E-state index is -0.839. The minimum absolute atomic E-state index is 0.00351. The summed E-state index contributed by atoms with van der Waals surface area (Å²) in [4.78, 5) is 26.8. The smallest absolute Gasteiger partial charge is 0.295 e. The van der Waals surface area contributed by atoms with Gasteiger partial charge in [0.15, 0.2) is 0 Å². The van der Waals surface area contributed by atoms with Crippen LogP contribution in [0, 0.1) is 0 Å². The average molecular weight is 383 g/mol. The molecule has 0 aliphatic carbocycles. The molecule has 7 nitrogen and oxygen atoms in total. The van der Waals surface area contributed by atoms with Crippen LogP contribution in [0.5, 0.6) is 11.5 Å². The van der Waals surface area contributed by atoms with Gasteiger partial charge in [-0.25, -0.2) is 0 Å². The van der Waals surface area contributed by atoms with Crippen LogP contribution in [-0.4, -0.2) is 54.2 Å². The summed E-state index contributed by atoms with van der Waals surface area (Å²) in [7, 11) is 2.99. The van der Waals surface area contributed by atoms with Crippen molar-refractivity contribution in [3.05, 3.63) is 65.2 Å². The summed E-state index contributed by atoms with van der Waals surface area (Å²) in [6, 6.07) is 12.0. The molecular weight excluding hydrogens is 362 g/mol. The lowest BCUT2D eigenvalue weighted by Crippen LogP contribution is -2.32. The quantitative estimate of drug-likeness (QED) is 0.452. The van der Waals surface area contributed by atoms with Gasteiger partial charge in [-0.05, 0) is 29.8 Å². The Hall–Kier alpha value is -3.32. The number of carbonyl (C=O) groups excluding carboxylic acids is 2. The van der Waals surface area contributed by atoms with E-state index in [1.54, 1.807) is 36.4 Å². The minimum Gasteiger partial charge on any atom is -0.508 e. The van der Waals surface area contributed by atoms with Crippen LogP contribution in [0.1, 0.15) is 17.2 Å². The SMILES string of the molecule is COCCN1C(=O)C(=O)/C(=C(/O)c2cccc(OC)c2)C1c1cccc(O)c1. The lowest BCUT2D eigenvalue weighted by molar-refractivity contribution is -0.140. The molecule has 146 valence electrons. The van der Waals surface area contributed by atoms with E-state index in [0.717, 1.165) is 0 Å². The van der Waals surface area contributed by atoms with E-state index in [1.807, 2.05) is 0 Å². The number of likely N-dealkylation sites (tertiary alicyclic amines) is 1. The molecule has 1 amide bonds. The molecule has 1 unspecified atom stereocenters. The summed E-state index contributed by atoms with van der Waals surface area (Å²) in [6.45, 7) is 0.387. The van der Waals surface area contributed by atoms with Crippen LogP contribution in [0.4, 0.5) is 0 Å². The highest BCUT2D eigenvalue weighted by molar-refractivity contribution is 6.46. The summed E-state index contributed by atoms with van der Waals surface area (Å²) in [6.07, 6.45) is 0. The van der Waals surface area contributed by atoms with Gasteiger partial charge in [0.25, 0.3) is 11.7 Å². The number of phenolic OH excluding ortho intramolecular Hbond substituents is 1. The molecule has 2 N–H and O–H groups in total. The number of ether oxygens (including phenoxy) is 2. The zero-order valence-corrected chi connectivity index (χ0v) is 15.6. The number of amides is 1. The molecule has 7 heteroatoms. The topological polar surface area (TPSA) is 96.3 Å². The van der Waals surface area contributed by atoms with Crippen LogP contribution < -0.4 is 4.74 Å². The van der Waals surface area contributed by atoms with Crippen LogP contribution in [0.3, 0.4) is 0 Å². The van der Waals surface area contributed by atoms with Crippen LogP contribution >= 0.6 is 0 Å². The summed E-state index contributed by atoms with van der Waals surface area (Å²) in [5, 5.41) is 20.8. The first kappa shape index (κ1) is 19.4. The van der Waals surface area contributed by atoms with Gasteiger partial charge < -0.3 is 24.6 Å². The number of aromatic hydroxyl groups is 1. The maximum atomic E-state index is 12.8. The van der Waals surface area contributed by atoms with Crippen molar-refractivity contribution in [3.63, 3.8) is 0 Å². The second-order valence-electron chi connectivity index (χ2n) is 6.31. The van der Waals surface area contributed by atoms with Crippen molar-refractivity contribution in [3.8, 4) is 11.5 Å². The molecule has 1 saturated heterocycles. The number of carbonyl (C=O) groups is 2. The van der Waals surface area contributed by atoms with Crippen molar-refractivity contribution in [2.24, 2.45) is 0 Å². The number of phenols is 1. The summed E-state index contributed by atoms with van der Waals surface area (Å²) in [5.74, 6) is -1.31. The third kappa shape index (κ3) is 3.57. The predicted molar refractivity (Wildman–Crippen MR) is 102 cm³/mol. The van der Waals surface area contributed by atoms with E-state index in [9.17, 15) is 19.8 Å². The Morgan fingerprint density at radius 3 is 2.54 bits per heavy atom. The highest BCUT2D eigenvalue weighted by atomic mass is 16.5. The standard InChI is InChI=1S/C21H21NO6/c1-27-10-9-22-18(13-5-3-7-15(23)11-13)17(20(25)21(22)26)19(24)14-6-4-8-16(12-14)28-2/h3-8,11-12,18,23-24H,9-10H2,1-2H3/b19-17+. The highest BCUT2D eigenvalue weighted by Crippen LogP contribution is 2.40. The van der Waals surface area contributed by atoms with Gasteiger partial charge in [0.05, 0.1) is 25.3 Å². The van der Waals surface area contributed by atoms with E-state index in [-0.39, 0.29) is 30.2 Å². The zero-order valence-electron chi connectivity index (χ0n) is 15.6. The van der Waals surface area contributed by atoms with Crippen LogP contribution in [0.25, 0.3) is 5.76 Å². The number of Topliss-reactive ketones (excluding diaryl/α,β-unsaturated/α-hetero) is 1. The largest absolute Gasteiger partial charge is 0.508 e. The zero-order chi connectivity index (χ0) is 20.3. The monoisotopic (exact) mass is 383 g/mol. The van der Waals surface area contributed by atoms with Crippen LogP contribution in [0.2, 0.25) is 0 Å². The molecule has 1 aliphatic rings. The maximum Gasteiger partial charge on any atom is 0.295 e. The molecule has 1 aliphatic heterocycles. The van der Waals surface area contributed by atoms with E-state index >= 15 is 0 Å². The first-order chi connectivity index (χ1) is 13.5. The van der Waals surface area contributed by atoms with Crippen molar-refractivity contribution in [1.82, 2.24) is 4.90 Å². The Morgan fingerprint density at radius 2 is 1.86 bits per heavy atom. The van der Waals surface area contributed by atoms with Crippen molar-refractivity contribution < 1.29 is 29.3 Å². The number of aliphatic hydroxyl groups is 1. The summed E-state index contributed by atoms with van der Waals surface area (Å²) >= 11 is 0. The summed E-state index contributed by atoms with van der Waals surface area (Å²) in [5.41, 5.74) is 0.828. The number of ketones is 1. The molecule has 2 aromatic rings. The van der Waals surface area contributed by atoms with Crippen molar-refractivity contribution in [1.29, 1.82) is 0 Å². The maximum absolute atomic E-state index is 12.8. The van der Waals surface area contributed by atoms with Gasteiger partial charge >= 0.3 is 0 Å². The fraction of sp³-hybridized carbons (Fsp3) is 0.238. The second-order valence-corrected chi connectivity index (χ2v) is 6.31. The molecule has 3 rings (SSSR count). The number of benzene rings is 2. The fourth-order valence-corrected chi connectivity index (χ4v) is 3.27. The van der Waals surface area contributed by atoms with Gasteiger partial charge in [0.1, 0.15) is 17.3 Å². The van der Waals surface area contributed by atoms with Gasteiger partial charge in [-0.1, -0.05) is 24.3 Å². The average Bonchev–Trinajstić information content (AvgIpc) is 2.96. The van der Waals surface area contributed by atoms with E-state index in [4.69, 9.17) is 9.47 Å². The Bertz CT molecular complexity index is 936. The Morgan fingerprint density at radius 1 is 1.11 bits per heavy atom. The number of rotatable bonds is 6. The molecular formula is C21H21NO6. The molecule has 1 heterocycles. The Balaban J connectivity index is 2.17. The lowest BCUT2D eigenvalue weighted by Gasteiger charge is -2.25.